The van der Waals surface area contributed by atoms with E-state index in [4.69, 9.17) is 49.6 Å². The number of amides is 2. The fourth-order valence-corrected chi connectivity index (χ4v) is 6.57. The smallest absolute Gasteiger partial charge is 0.335 e. The van der Waals surface area contributed by atoms with Crippen LogP contribution in [0.3, 0.4) is 0 Å². The fourth-order valence-electron chi connectivity index (χ4n) is 4.96. The second-order valence-corrected chi connectivity index (χ2v) is 13.0. The standard InChI is InChI=1S/C33H31Cl2N3O7S2/c1-43-28-19-22(32(41)42)4-6-26(28)36-30(39)8-9-38-31(40)29(47-33(38)46)17-20-2-7-27(45-15-12-37-10-13-44-14-11-37)23(16-20)21-3-5-24(34)25(35)18-21/h2-7,16-19H,8-15H2,1H3,(H,36,39)(H,41,42). The molecular weight excluding hydrogens is 685 g/mol. The summed E-state index contributed by atoms with van der Waals surface area (Å²) in [4.78, 5) is 41.4. The van der Waals surface area contributed by atoms with Crippen LogP contribution in [0.4, 0.5) is 5.69 Å². The predicted octanol–water partition coefficient (Wildman–Crippen LogP) is 6.31. The molecule has 0 saturated carbocycles. The molecule has 2 N–H and O–H groups in total. The van der Waals surface area contributed by atoms with Gasteiger partial charge in [-0.05, 0) is 59.7 Å². The van der Waals surface area contributed by atoms with Crippen molar-refractivity contribution in [1.82, 2.24) is 9.80 Å². The number of rotatable bonds is 12. The topological polar surface area (TPSA) is 118 Å². The van der Waals surface area contributed by atoms with E-state index in [1.54, 1.807) is 18.2 Å². The van der Waals surface area contributed by atoms with Gasteiger partial charge in [-0.3, -0.25) is 19.4 Å². The molecule has 0 radical (unpaired) electrons. The van der Waals surface area contributed by atoms with Crippen molar-refractivity contribution in [3.63, 3.8) is 0 Å². The lowest BCUT2D eigenvalue weighted by Gasteiger charge is -2.26. The molecule has 47 heavy (non-hydrogen) atoms. The monoisotopic (exact) mass is 715 g/mol. The lowest BCUT2D eigenvalue weighted by Crippen LogP contribution is -2.38. The first kappa shape index (κ1) is 34.7. The van der Waals surface area contributed by atoms with E-state index in [9.17, 15) is 19.5 Å². The number of carbonyl (C=O) groups excluding carboxylic acids is 2. The van der Waals surface area contributed by atoms with E-state index in [0.717, 1.165) is 48.1 Å². The summed E-state index contributed by atoms with van der Waals surface area (Å²) in [7, 11) is 1.38. The Hall–Kier alpha value is -3.65. The maximum absolute atomic E-state index is 13.4. The Morgan fingerprint density at radius 3 is 2.55 bits per heavy atom. The van der Waals surface area contributed by atoms with Crippen molar-refractivity contribution < 1.29 is 33.7 Å². The number of thioether (sulfide) groups is 1. The van der Waals surface area contributed by atoms with E-state index >= 15 is 0 Å². The summed E-state index contributed by atoms with van der Waals surface area (Å²) in [6.07, 6.45) is 1.72. The summed E-state index contributed by atoms with van der Waals surface area (Å²) in [5.41, 5.74) is 2.70. The summed E-state index contributed by atoms with van der Waals surface area (Å²) in [6, 6.07) is 15.2. The van der Waals surface area contributed by atoms with Gasteiger partial charge in [0.1, 0.15) is 22.4 Å². The van der Waals surface area contributed by atoms with Gasteiger partial charge in [0.05, 0.1) is 46.5 Å². The number of hydrogen-bond donors (Lipinski definition) is 2. The highest BCUT2D eigenvalue weighted by Crippen LogP contribution is 2.37. The number of nitrogens with one attached hydrogen (secondary N) is 1. The van der Waals surface area contributed by atoms with E-state index in [-0.39, 0.29) is 36.1 Å². The summed E-state index contributed by atoms with van der Waals surface area (Å²) >= 11 is 19.2. The molecule has 0 unspecified atom stereocenters. The van der Waals surface area contributed by atoms with Crippen molar-refractivity contribution in [2.45, 2.75) is 6.42 Å². The first-order chi connectivity index (χ1) is 22.6. The SMILES string of the molecule is COc1cc(C(=O)O)ccc1NC(=O)CCN1C(=O)C(=Cc2ccc(OCCN3CCOCC3)c(-c3ccc(Cl)c(Cl)c3)c2)SC1=S. The van der Waals surface area contributed by atoms with Crippen molar-refractivity contribution in [3.05, 3.63) is 80.7 Å². The average molecular weight is 717 g/mol. The van der Waals surface area contributed by atoms with Gasteiger partial charge in [0.15, 0.2) is 0 Å². The summed E-state index contributed by atoms with van der Waals surface area (Å²) in [5, 5.41) is 12.8. The lowest BCUT2D eigenvalue weighted by molar-refractivity contribution is -0.122. The quantitative estimate of drug-likeness (QED) is 0.163. The average Bonchev–Trinajstić information content (AvgIpc) is 3.33. The Morgan fingerprint density at radius 2 is 1.83 bits per heavy atom. The van der Waals surface area contributed by atoms with Gasteiger partial charge in [0, 0.05) is 38.2 Å². The lowest BCUT2D eigenvalue weighted by atomic mass is 10.0. The largest absolute Gasteiger partial charge is 0.495 e. The second-order valence-electron chi connectivity index (χ2n) is 10.5. The molecule has 10 nitrogen and oxygen atoms in total. The van der Waals surface area contributed by atoms with Gasteiger partial charge in [-0.2, -0.15) is 0 Å². The van der Waals surface area contributed by atoms with Gasteiger partial charge in [-0.15, -0.1) is 0 Å². The first-order valence-electron chi connectivity index (χ1n) is 14.6. The third-order valence-electron chi connectivity index (χ3n) is 7.46. The molecule has 14 heteroatoms. The highest BCUT2D eigenvalue weighted by molar-refractivity contribution is 8.26. The second kappa shape index (κ2) is 16.0. The molecule has 2 amide bonds. The van der Waals surface area contributed by atoms with Crippen LogP contribution < -0.4 is 14.8 Å². The molecule has 2 aliphatic heterocycles. The minimum absolute atomic E-state index is 0.0271. The van der Waals surface area contributed by atoms with E-state index in [2.05, 4.69) is 10.2 Å². The zero-order valence-electron chi connectivity index (χ0n) is 25.3. The molecule has 0 bridgehead atoms. The molecule has 0 aliphatic carbocycles. The predicted molar refractivity (Wildman–Crippen MR) is 188 cm³/mol. The number of hydrogen-bond acceptors (Lipinski definition) is 9. The molecule has 2 fully saturated rings. The number of ether oxygens (including phenoxy) is 3. The van der Waals surface area contributed by atoms with Crippen LogP contribution in [0.2, 0.25) is 10.0 Å². The summed E-state index contributed by atoms with van der Waals surface area (Å²) in [5.74, 6) is -0.932. The zero-order valence-corrected chi connectivity index (χ0v) is 28.4. The Bertz CT molecular complexity index is 1730. The van der Waals surface area contributed by atoms with Crippen LogP contribution in [0, 0.1) is 0 Å². The number of carboxylic acid groups (broad SMARTS) is 1. The van der Waals surface area contributed by atoms with Crippen LogP contribution in [0.5, 0.6) is 11.5 Å². The Kier molecular flexibility index (Phi) is 11.8. The van der Waals surface area contributed by atoms with E-state index in [0.29, 0.717) is 50.5 Å². The number of benzene rings is 3. The minimum atomic E-state index is -1.11. The molecule has 3 aromatic carbocycles. The maximum Gasteiger partial charge on any atom is 0.335 e. The number of thiocarbonyl (C=S) groups is 1. The van der Waals surface area contributed by atoms with E-state index < -0.39 is 5.97 Å². The van der Waals surface area contributed by atoms with Gasteiger partial charge in [-0.25, -0.2) is 4.79 Å². The van der Waals surface area contributed by atoms with Crippen LogP contribution in [0.1, 0.15) is 22.3 Å². The summed E-state index contributed by atoms with van der Waals surface area (Å²) < 4.78 is 17.2. The first-order valence-corrected chi connectivity index (χ1v) is 16.6. The van der Waals surface area contributed by atoms with Crippen molar-refractivity contribution in [2.24, 2.45) is 0 Å². The molecule has 2 saturated heterocycles. The van der Waals surface area contributed by atoms with Gasteiger partial charge in [0.2, 0.25) is 5.91 Å². The number of methoxy groups -OCH3 is 1. The third-order valence-corrected chi connectivity index (χ3v) is 9.58. The van der Waals surface area contributed by atoms with Gasteiger partial charge < -0.3 is 24.6 Å². The molecule has 3 aromatic rings. The Balaban J connectivity index is 1.28. The molecule has 0 aromatic heterocycles. The zero-order chi connectivity index (χ0) is 33.5. The van der Waals surface area contributed by atoms with Crippen LogP contribution in [0.15, 0.2) is 59.5 Å². The van der Waals surface area contributed by atoms with Crippen LogP contribution in [-0.4, -0.2) is 90.1 Å². The molecule has 246 valence electrons. The third kappa shape index (κ3) is 8.83. The normalized spacial score (nSPS) is 16.1. The van der Waals surface area contributed by atoms with Crippen LogP contribution in [-0.2, 0) is 14.3 Å². The highest BCUT2D eigenvalue weighted by Gasteiger charge is 2.32. The number of morpholine rings is 1. The Morgan fingerprint density at radius 1 is 1.04 bits per heavy atom. The summed E-state index contributed by atoms with van der Waals surface area (Å²) in [6.45, 7) is 4.46. The van der Waals surface area contributed by atoms with Crippen molar-refractivity contribution in [2.75, 3.05) is 58.4 Å². The van der Waals surface area contributed by atoms with Crippen molar-refractivity contribution in [1.29, 1.82) is 0 Å². The molecule has 5 rings (SSSR count). The number of halogens is 2. The molecule has 2 heterocycles. The number of carbonyl (C=O) groups is 3. The molecule has 0 atom stereocenters. The van der Waals surface area contributed by atoms with Crippen LogP contribution >= 0.6 is 47.2 Å². The van der Waals surface area contributed by atoms with Gasteiger partial charge in [-0.1, -0.05) is 59.3 Å². The fraction of sp³-hybridized carbons (Fsp3) is 0.273. The number of nitrogens with zero attached hydrogens (tertiary/aromatic N) is 2. The Labute approximate surface area is 291 Å². The minimum Gasteiger partial charge on any atom is -0.495 e. The van der Waals surface area contributed by atoms with Gasteiger partial charge in [0.25, 0.3) is 5.91 Å². The molecule has 0 spiro atoms. The molecule has 2 aliphatic rings. The number of carboxylic acids is 1. The van der Waals surface area contributed by atoms with Crippen molar-refractivity contribution >= 4 is 81.0 Å². The van der Waals surface area contributed by atoms with Gasteiger partial charge >= 0.3 is 5.97 Å². The molecular formula is C33H31Cl2N3O7S2. The highest BCUT2D eigenvalue weighted by atomic mass is 35.5. The van der Waals surface area contributed by atoms with Crippen molar-refractivity contribution in [3.8, 4) is 22.6 Å². The number of aromatic carboxylic acids is 1. The maximum atomic E-state index is 13.4. The van der Waals surface area contributed by atoms with Crippen LogP contribution in [0.25, 0.3) is 17.2 Å². The van der Waals surface area contributed by atoms with E-state index in [1.807, 2.05) is 24.3 Å². The van der Waals surface area contributed by atoms with E-state index in [1.165, 1.54) is 30.2 Å². The number of anilines is 1.